The van der Waals surface area contributed by atoms with Gasteiger partial charge in [0, 0.05) is 12.6 Å². The van der Waals surface area contributed by atoms with Crippen LogP contribution >= 0.6 is 0 Å². The molecule has 0 saturated heterocycles. The van der Waals surface area contributed by atoms with E-state index < -0.39 is 42.3 Å². The van der Waals surface area contributed by atoms with Crippen molar-refractivity contribution in [2.24, 2.45) is 0 Å². The molecule has 0 radical (unpaired) electrons. The molecule has 2 unspecified atom stereocenters. The van der Waals surface area contributed by atoms with Crippen molar-refractivity contribution in [3.8, 4) is 5.75 Å². The Kier molecular flexibility index (Phi) is 10.5. The fourth-order valence-corrected chi connectivity index (χ4v) is 3.08. The number of phenols is 1. The number of amides is 3. The summed E-state index contributed by atoms with van der Waals surface area (Å²) in [6.45, 7) is 10.3. The second kappa shape index (κ2) is 12.3. The molecule has 0 aromatic heterocycles. The number of aliphatic hydroxyl groups excluding tert-OH is 1. The highest BCUT2D eigenvalue weighted by atomic mass is 16.6. The summed E-state index contributed by atoms with van der Waals surface area (Å²) in [7, 11) is 0. The van der Waals surface area contributed by atoms with E-state index in [1.54, 1.807) is 46.8 Å². The van der Waals surface area contributed by atoms with Crippen molar-refractivity contribution in [2.45, 2.75) is 78.1 Å². The van der Waals surface area contributed by atoms with Gasteiger partial charge in [-0.1, -0.05) is 25.5 Å². The van der Waals surface area contributed by atoms with Gasteiger partial charge >= 0.3 is 6.09 Å². The summed E-state index contributed by atoms with van der Waals surface area (Å²) in [6.07, 6.45) is 0.828. The van der Waals surface area contributed by atoms with Crippen molar-refractivity contribution in [3.63, 3.8) is 0 Å². The number of ether oxygens (including phenoxy) is 1. The minimum atomic E-state index is -1.30. The second-order valence-corrected chi connectivity index (χ2v) is 8.86. The highest BCUT2D eigenvalue weighted by molar-refractivity contribution is 5.92. The topological polar surface area (TPSA) is 128 Å². The summed E-state index contributed by atoms with van der Waals surface area (Å²) in [4.78, 5) is 40.0. The Morgan fingerprint density at radius 3 is 2.19 bits per heavy atom. The van der Waals surface area contributed by atoms with Gasteiger partial charge in [0.2, 0.25) is 11.8 Å². The number of rotatable bonds is 10. The molecule has 3 amide bonds. The number of carbonyl (C=O) groups excluding carboxylic acids is 3. The van der Waals surface area contributed by atoms with Gasteiger partial charge in [-0.3, -0.25) is 9.59 Å². The number of hydrogen-bond acceptors (Lipinski definition) is 6. The summed E-state index contributed by atoms with van der Waals surface area (Å²) in [5.74, 6) is -0.988. The van der Waals surface area contributed by atoms with E-state index in [4.69, 9.17) is 4.74 Å². The molecule has 180 valence electrons. The van der Waals surface area contributed by atoms with Gasteiger partial charge in [0.05, 0.1) is 6.61 Å². The van der Waals surface area contributed by atoms with E-state index in [1.165, 1.54) is 17.0 Å². The molecule has 9 nitrogen and oxygen atoms in total. The van der Waals surface area contributed by atoms with E-state index in [0.717, 1.165) is 12.8 Å². The van der Waals surface area contributed by atoms with Gasteiger partial charge in [-0.15, -0.1) is 0 Å². The monoisotopic (exact) mass is 451 g/mol. The molecule has 9 heteroatoms. The molecule has 1 aromatic rings. The predicted octanol–water partition coefficient (Wildman–Crippen LogP) is 2.47. The number of unbranched alkanes of at least 4 members (excludes halogenated alkanes) is 1. The third-order valence-electron chi connectivity index (χ3n) is 4.55. The van der Waals surface area contributed by atoms with Gasteiger partial charge < -0.3 is 30.5 Å². The first-order chi connectivity index (χ1) is 14.9. The Balaban J connectivity index is 3.27. The fourth-order valence-electron chi connectivity index (χ4n) is 3.08. The minimum Gasteiger partial charge on any atom is -0.508 e. The normalized spacial score (nSPS) is 13.2. The Labute approximate surface area is 190 Å². The lowest BCUT2D eigenvalue weighted by molar-refractivity contribution is -0.145. The number of carbonyl (C=O) groups is 3. The van der Waals surface area contributed by atoms with Crippen molar-refractivity contribution in [2.75, 3.05) is 13.2 Å². The van der Waals surface area contributed by atoms with Gasteiger partial charge in [0.1, 0.15) is 23.4 Å². The highest BCUT2D eigenvalue weighted by Gasteiger charge is 2.37. The first-order valence-electron chi connectivity index (χ1n) is 10.9. The van der Waals surface area contributed by atoms with Crippen molar-refractivity contribution < 1.29 is 29.3 Å². The lowest BCUT2D eigenvalue weighted by Gasteiger charge is -2.36. The molecule has 4 N–H and O–H groups in total. The average molecular weight is 452 g/mol. The van der Waals surface area contributed by atoms with E-state index in [1.807, 2.05) is 6.92 Å². The van der Waals surface area contributed by atoms with E-state index in [-0.39, 0.29) is 11.7 Å². The van der Waals surface area contributed by atoms with E-state index in [2.05, 4.69) is 10.6 Å². The molecule has 1 rings (SSSR count). The van der Waals surface area contributed by atoms with Gasteiger partial charge in [-0.2, -0.15) is 0 Å². The second-order valence-electron chi connectivity index (χ2n) is 8.86. The summed E-state index contributed by atoms with van der Waals surface area (Å²) < 4.78 is 5.19. The van der Waals surface area contributed by atoms with Crippen molar-refractivity contribution in [1.82, 2.24) is 15.5 Å². The zero-order valence-electron chi connectivity index (χ0n) is 19.8. The van der Waals surface area contributed by atoms with Gasteiger partial charge in [-0.25, -0.2) is 4.79 Å². The van der Waals surface area contributed by atoms with Crippen LogP contribution in [0.5, 0.6) is 5.75 Å². The number of nitrogens with zero attached hydrogens (tertiary/aromatic N) is 1. The third-order valence-corrected chi connectivity index (χ3v) is 4.55. The zero-order chi connectivity index (χ0) is 24.5. The maximum atomic E-state index is 13.4. The molecule has 1 aromatic carbocycles. The molecule has 0 aliphatic carbocycles. The predicted molar refractivity (Wildman–Crippen MR) is 121 cm³/mol. The Hall–Kier alpha value is -2.81. The molecular formula is C23H37N3O6. The summed E-state index contributed by atoms with van der Waals surface area (Å²) in [6, 6.07) is 3.26. The van der Waals surface area contributed by atoms with Crippen molar-refractivity contribution in [1.29, 1.82) is 0 Å². The molecule has 0 bridgehead atoms. The quantitative estimate of drug-likeness (QED) is 0.405. The van der Waals surface area contributed by atoms with Crippen molar-refractivity contribution >= 4 is 17.9 Å². The molecule has 0 aliphatic rings. The lowest BCUT2D eigenvalue weighted by atomic mass is 10.0. The molecule has 2 atom stereocenters. The summed E-state index contributed by atoms with van der Waals surface area (Å²) in [5.41, 5.74) is -0.286. The van der Waals surface area contributed by atoms with Crippen LogP contribution in [0.2, 0.25) is 0 Å². The van der Waals surface area contributed by atoms with Crippen LogP contribution in [0.4, 0.5) is 4.79 Å². The van der Waals surface area contributed by atoms with Gasteiger partial charge in [0.15, 0.2) is 0 Å². The minimum absolute atomic E-state index is 0.0288. The third kappa shape index (κ3) is 8.37. The number of nitrogens with one attached hydrogen (secondary N) is 2. The highest BCUT2D eigenvalue weighted by Crippen LogP contribution is 2.26. The Morgan fingerprint density at radius 1 is 1.12 bits per heavy atom. The molecule has 32 heavy (non-hydrogen) atoms. The van der Waals surface area contributed by atoms with Crippen LogP contribution in [0, 0.1) is 0 Å². The van der Waals surface area contributed by atoms with Crippen LogP contribution in [0.1, 0.15) is 66.0 Å². The fraction of sp³-hybridized carbons (Fsp3) is 0.609. The number of alkyl carbamates (subject to hydrolysis) is 1. The SMILES string of the molecule is CCCCNC(=O)C(c1ccc(O)cc1)N(C(=O)C(CO)NC(=O)OC(C)(C)C)C(C)C. The van der Waals surface area contributed by atoms with Gasteiger partial charge in [-0.05, 0) is 58.7 Å². The molecule has 0 saturated carbocycles. The number of hydrogen-bond donors (Lipinski definition) is 4. The van der Waals surface area contributed by atoms with Crippen LogP contribution in [-0.4, -0.2) is 63.9 Å². The van der Waals surface area contributed by atoms with Crippen LogP contribution in [0.3, 0.4) is 0 Å². The standard InChI is InChI=1S/C23H37N3O6/c1-7-8-13-24-20(29)19(16-9-11-17(28)12-10-16)26(15(2)3)21(30)18(14-27)25-22(31)32-23(4,5)6/h9-12,15,18-19,27-28H,7-8,13-14H2,1-6H3,(H,24,29)(H,25,31). The summed E-state index contributed by atoms with van der Waals surface area (Å²) >= 11 is 0. The van der Waals surface area contributed by atoms with E-state index in [9.17, 15) is 24.6 Å². The van der Waals surface area contributed by atoms with Crippen LogP contribution in [-0.2, 0) is 14.3 Å². The molecule has 0 heterocycles. The molecule has 0 spiro atoms. The maximum absolute atomic E-state index is 13.4. The van der Waals surface area contributed by atoms with Gasteiger partial charge in [0.25, 0.3) is 0 Å². The number of phenolic OH excluding ortho intramolecular Hbond substituents is 1. The molecule has 0 aliphatic heterocycles. The molecule has 0 fully saturated rings. The average Bonchev–Trinajstić information content (AvgIpc) is 2.69. The number of benzene rings is 1. The van der Waals surface area contributed by atoms with E-state index in [0.29, 0.717) is 12.1 Å². The van der Waals surface area contributed by atoms with Crippen LogP contribution in [0.25, 0.3) is 0 Å². The Bertz CT molecular complexity index is 758. The Morgan fingerprint density at radius 2 is 1.72 bits per heavy atom. The maximum Gasteiger partial charge on any atom is 0.408 e. The number of aromatic hydroxyl groups is 1. The van der Waals surface area contributed by atoms with Crippen molar-refractivity contribution in [3.05, 3.63) is 29.8 Å². The van der Waals surface area contributed by atoms with Crippen LogP contribution in [0.15, 0.2) is 24.3 Å². The largest absolute Gasteiger partial charge is 0.508 e. The van der Waals surface area contributed by atoms with E-state index >= 15 is 0 Å². The zero-order valence-corrected chi connectivity index (χ0v) is 19.8. The van der Waals surface area contributed by atoms with Crippen LogP contribution < -0.4 is 10.6 Å². The first kappa shape index (κ1) is 27.2. The first-order valence-corrected chi connectivity index (χ1v) is 10.9. The smallest absolute Gasteiger partial charge is 0.408 e. The summed E-state index contributed by atoms with van der Waals surface area (Å²) in [5, 5.41) is 24.7. The molecular weight excluding hydrogens is 414 g/mol. The lowest BCUT2D eigenvalue weighted by Crippen LogP contribution is -2.56. The number of aliphatic hydroxyl groups is 1.